The predicted octanol–water partition coefficient (Wildman–Crippen LogP) is 1.69. The highest BCUT2D eigenvalue weighted by molar-refractivity contribution is 5.26. The van der Waals surface area contributed by atoms with Gasteiger partial charge in [0.25, 0.3) is 0 Å². The lowest BCUT2D eigenvalue weighted by Crippen LogP contribution is -2.27. The Morgan fingerprint density at radius 2 is 2.00 bits per heavy atom. The minimum absolute atomic E-state index is 0.0439. The molecule has 6 nitrogen and oxygen atoms in total. The van der Waals surface area contributed by atoms with Crippen molar-refractivity contribution in [3.8, 4) is 5.75 Å². The molecule has 0 aliphatic rings. The second kappa shape index (κ2) is 5.48. The highest BCUT2D eigenvalue weighted by atomic mass is 16.5. The summed E-state index contributed by atoms with van der Waals surface area (Å²) in [6.07, 6.45) is 0. The van der Waals surface area contributed by atoms with Crippen LogP contribution >= 0.6 is 0 Å². The minimum atomic E-state index is -0.111. The van der Waals surface area contributed by atoms with E-state index < -0.39 is 0 Å². The van der Waals surface area contributed by atoms with Gasteiger partial charge in [0.2, 0.25) is 0 Å². The van der Waals surface area contributed by atoms with Gasteiger partial charge in [0, 0.05) is 17.8 Å². The summed E-state index contributed by atoms with van der Waals surface area (Å²) in [7, 11) is 1.62. The normalized spacial score (nSPS) is 11.1. The summed E-state index contributed by atoms with van der Waals surface area (Å²) in [4.78, 5) is 16.7. The third-order valence-corrected chi connectivity index (χ3v) is 3.09. The lowest BCUT2D eigenvalue weighted by Gasteiger charge is -2.07. The number of aromatic nitrogens is 4. The van der Waals surface area contributed by atoms with Gasteiger partial charge in [-0.3, -0.25) is 9.55 Å². The van der Waals surface area contributed by atoms with Gasteiger partial charge in [-0.25, -0.2) is 9.48 Å². The van der Waals surface area contributed by atoms with Crippen molar-refractivity contribution in [2.24, 2.45) is 0 Å². The van der Waals surface area contributed by atoms with E-state index in [-0.39, 0.29) is 11.7 Å². The van der Waals surface area contributed by atoms with Crippen LogP contribution in [-0.4, -0.2) is 26.4 Å². The summed E-state index contributed by atoms with van der Waals surface area (Å²) >= 11 is 0. The first-order chi connectivity index (χ1) is 9.42. The third-order valence-electron chi connectivity index (χ3n) is 3.09. The molecule has 0 unspecified atom stereocenters. The fourth-order valence-corrected chi connectivity index (χ4v) is 2.10. The molecule has 2 aromatic rings. The number of ether oxygens (including phenoxy) is 1. The maximum absolute atomic E-state index is 12.3. The van der Waals surface area contributed by atoms with Crippen LogP contribution in [0.3, 0.4) is 0 Å². The molecule has 0 saturated heterocycles. The summed E-state index contributed by atoms with van der Waals surface area (Å²) in [6, 6.07) is 3.74. The summed E-state index contributed by atoms with van der Waals surface area (Å²) in [5.41, 5.74) is 1.54. The molecule has 0 fully saturated rings. The second-order valence-electron chi connectivity index (χ2n) is 5.09. The van der Waals surface area contributed by atoms with Crippen molar-refractivity contribution < 1.29 is 4.74 Å². The largest absolute Gasteiger partial charge is 0.497 e. The monoisotopic (exact) mass is 276 g/mol. The number of hydrogen-bond acceptors (Lipinski definition) is 4. The van der Waals surface area contributed by atoms with E-state index in [1.54, 1.807) is 11.7 Å². The van der Waals surface area contributed by atoms with Gasteiger partial charge in [-0.2, -0.15) is 5.10 Å². The first-order valence-corrected chi connectivity index (χ1v) is 6.60. The first-order valence-electron chi connectivity index (χ1n) is 6.60. The van der Waals surface area contributed by atoms with E-state index >= 15 is 0 Å². The molecule has 0 saturated carbocycles. The molecule has 2 rings (SSSR count). The molecule has 0 bridgehead atoms. The maximum Gasteiger partial charge on any atom is 0.346 e. The molecule has 2 heterocycles. The van der Waals surface area contributed by atoms with Crippen molar-refractivity contribution in [1.29, 1.82) is 0 Å². The van der Waals surface area contributed by atoms with E-state index in [0.717, 1.165) is 17.1 Å². The Bertz CT molecular complexity index is 670. The van der Waals surface area contributed by atoms with Crippen LogP contribution in [0.15, 0.2) is 16.9 Å². The first kappa shape index (κ1) is 14.3. The van der Waals surface area contributed by atoms with Crippen LogP contribution in [0.25, 0.3) is 0 Å². The molecule has 0 amide bonds. The number of aryl methyl sites for hydroxylation is 2. The SMILES string of the molecule is COc1cc(C)nc(Cn2c(C)nn(C(C)C)c2=O)c1. The molecule has 0 aliphatic carbocycles. The Morgan fingerprint density at radius 3 is 2.55 bits per heavy atom. The number of pyridine rings is 1. The van der Waals surface area contributed by atoms with Crippen molar-refractivity contribution in [1.82, 2.24) is 19.3 Å². The van der Waals surface area contributed by atoms with Gasteiger partial charge in [0.1, 0.15) is 11.6 Å². The Morgan fingerprint density at radius 1 is 1.30 bits per heavy atom. The van der Waals surface area contributed by atoms with Crippen LogP contribution in [0.2, 0.25) is 0 Å². The molecule has 0 atom stereocenters. The molecular formula is C14H20N4O2. The number of hydrogen-bond donors (Lipinski definition) is 0. The fraction of sp³-hybridized carbons (Fsp3) is 0.500. The average Bonchev–Trinajstić information content (AvgIpc) is 2.66. The van der Waals surface area contributed by atoms with Crippen LogP contribution in [0, 0.1) is 13.8 Å². The molecule has 0 aromatic carbocycles. The van der Waals surface area contributed by atoms with Crippen molar-refractivity contribution in [3.05, 3.63) is 39.8 Å². The van der Waals surface area contributed by atoms with Crippen molar-refractivity contribution >= 4 is 0 Å². The highest BCUT2D eigenvalue weighted by Gasteiger charge is 2.13. The van der Waals surface area contributed by atoms with Gasteiger partial charge in [0.05, 0.1) is 25.4 Å². The molecule has 0 N–H and O–H groups in total. The summed E-state index contributed by atoms with van der Waals surface area (Å²) in [6.45, 7) is 8.00. The zero-order chi connectivity index (χ0) is 14.9. The second-order valence-corrected chi connectivity index (χ2v) is 5.09. The lowest BCUT2D eigenvalue weighted by molar-refractivity contribution is 0.412. The van der Waals surface area contributed by atoms with Gasteiger partial charge in [-0.15, -0.1) is 0 Å². The van der Waals surface area contributed by atoms with E-state index in [1.165, 1.54) is 4.68 Å². The molecule has 0 radical (unpaired) electrons. The number of rotatable bonds is 4. The minimum Gasteiger partial charge on any atom is -0.497 e. The van der Waals surface area contributed by atoms with Gasteiger partial charge < -0.3 is 4.74 Å². The van der Waals surface area contributed by atoms with E-state index in [0.29, 0.717) is 12.4 Å². The molecular weight excluding hydrogens is 256 g/mol. The Balaban J connectivity index is 2.40. The maximum atomic E-state index is 12.3. The lowest BCUT2D eigenvalue weighted by atomic mass is 10.3. The van der Waals surface area contributed by atoms with Crippen LogP contribution < -0.4 is 10.4 Å². The standard InChI is InChI=1S/C14H20N4O2/c1-9(2)18-14(19)17(11(4)16-18)8-12-7-13(20-5)6-10(3)15-12/h6-7,9H,8H2,1-5H3. The van der Waals surface area contributed by atoms with E-state index in [1.807, 2.05) is 39.8 Å². The Kier molecular flexibility index (Phi) is 3.92. The van der Waals surface area contributed by atoms with Crippen molar-refractivity contribution in [2.45, 2.75) is 40.3 Å². The quantitative estimate of drug-likeness (QED) is 0.852. The van der Waals surface area contributed by atoms with E-state index in [4.69, 9.17) is 4.74 Å². The fourth-order valence-electron chi connectivity index (χ4n) is 2.10. The molecule has 108 valence electrons. The van der Waals surface area contributed by atoms with Crippen LogP contribution in [-0.2, 0) is 6.54 Å². The Labute approximate surface area is 118 Å². The van der Waals surface area contributed by atoms with Crippen molar-refractivity contribution in [3.63, 3.8) is 0 Å². The number of methoxy groups -OCH3 is 1. The van der Waals surface area contributed by atoms with Gasteiger partial charge in [-0.1, -0.05) is 0 Å². The van der Waals surface area contributed by atoms with Gasteiger partial charge in [-0.05, 0) is 27.7 Å². The summed E-state index contributed by atoms with van der Waals surface area (Å²) < 4.78 is 8.34. The average molecular weight is 276 g/mol. The highest BCUT2D eigenvalue weighted by Crippen LogP contribution is 2.14. The van der Waals surface area contributed by atoms with Crippen LogP contribution in [0.4, 0.5) is 0 Å². The van der Waals surface area contributed by atoms with Crippen LogP contribution in [0.5, 0.6) is 5.75 Å². The van der Waals surface area contributed by atoms with Gasteiger partial charge >= 0.3 is 5.69 Å². The zero-order valence-electron chi connectivity index (χ0n) is 12.5. The molecule has 2 aromatic heterocycles. The van der Waals surface area contributed by atoms with E-state index in [9.17, 15) is 4.79 Å². The van der Waals surface area contributed by atoms with Crippen LogP contribution in [0.1, 0.15) is 37.1 Å². The predicted molar refractivity (Wildman–Crippen MR) is 76.2 cm³/mol. The third kappa shape index (κ3) is 2.74. The molecule has 20 heavy (non-hydrogen) atoms. The van der Waals surface area contributed by atoms with Gasteiger partial charge in [0.15, 0.2) is 0 Å². The topological polar surface area (TPSA) is 61.9 Å². The van der Waals surface area contributed by atoms with Crippen molar-refractivity contribution in [2.75, 3.05) is 7.11 Å². The molecule has 0 aliphatic heterocycles. The molecule has 0 spiro atoms. The smallest absolute Gasteiger partial charge is 0.346 e. The number of nitrogens with zero attached hydrogens (tertiary/aromatic N) is 4. The summed E-state index contributed by atoms with van der Waals surface area (Å²) in [5, 5.41) is 4.28. The Hall–Kier alpha value is -2.11. The zero-order valence-corrected chi connectivity index (χ0v) is 12.5. The summed E-state index contributed by atoms with van der Waals surface area (Å²) in [5.74, 6) is 1.43. The molecule has 6 heteroatoms. The van der Waals surface area contributed by atoms with E-state index in [2.05, 4.69) is 10.1 Å².